The third-order valence-electron chi connectivity index (χ3n) is 7.44. The first-order valence-corrected chi connectivity index (χ1v) is 12.0. The van der Waals surface area contributed by atoms with Gasteiger partial charge >= 0.3 is 0 Å². The molecule has 3 aliphatic rings. The number of nitrogens with zero attached hydrogens (tertiary/aromatic N) is 5. The molecular weight excluding hydrogens is 429 g/mol. The number of fused-ring (bicyclic) bond motifs is 2. The van der Waals surface area contributed by atoms with Crippen molar-refractivity contribution in [3.05, 3.63) is 54.1 Å². The molecule has 8 heteroatoms. The molecule has 0 amide bonds. The normalized spacial score (nSPS) is 18.8. The molecule has 6 rings (SSSR count). The predicted molar refractivity (Wildman–Crippen MR) is 133 cm³/mol. The van der Waals surface area contributed by atoms with Crippen molar-refractivity contribution < 1.29 is 4.39 Å². The first-order valence-electron chi connectivity index (χ1n) is 12.0. The minimum absolute atomic E-state index is 0.00597. The van der Waals surface area contributed by atoms with E-state index in [0.29, 0.717) is 11.8 Å². The van der Waals surface area contributed by atoms with Crippen molar-refractivity contribution in [2.45, 2.75) is 38.0 Å². The zero-order valence-corrected chi connectivity index (χ0v) is 19.3. The number of hydrogen-bond donors (Lipinski definition) is 2. The highest BCUT2D eigenvalue weighted by Gasteiger charge is 2.43. The van der Waals surface area contributed by atoms with Gasteiger partial charge in [0.1, 0.15) is 11.5 Å². The number of piperazine rings is 1. The molecule has 2 aliphatic heterocycles. The van der Waals surface area contributed by atoms with Crippen molar-refractivity contribution in [3.63, 3.8) is 0 Å². The minimum atomic E-state index is -0.441. The Morgan fingerprint density at radius 3 is 2.62 bits per heavy atom. The van der Waals surface area contributed by atoms with Crippen molar-refractivity contribution in [1.29, 1.82) is 0 Å². The zero-order valence-electron chi connectivity index (χ0n) is 19.3. The summed E-state index contributed by atoms with van der Waals surface area (Å²) in [7, 11) is 0. The van der Waals surface area contributed by atoms with E-state index in [0.717, 1.165) is 56.0 Å². The Morgan fingerprint density at radius 1 is 1.03 bits per heavy atom. The van der Waals surface area contributed by atoms with Gasteiger partial charge in [-0.3, -0.25) is 4.99 Å². The van der Waals surface area contributed by atoms with E-state index in [1.165, 1.54) is 30.3 Å². The highest BCUT2D eigenvalue weighted by Crippen LogP contribution is 2.51. The molecule has 0 radical (unpaired) electrons. The van der Waals surface area contributed by atoms with E-state index in [9.17, 15) is 4.39 Å². The largest absolute Gasteiger partial charge is 0.368 e. The topological polar surface area (TPSA) is 78.3 Å². The van der Waals surface area contributed by atoms with E-state index < -0.39 is 5.82 Å². The monoisotopic (exact) mass is 457 g/mol. The molecule has 1 saturated carbocycles. The summed E-state index contributed by atoms with van der Waals surface area (Å²) in [6, 6.07) is 9.92. The molecule has 1 spiro atoms. The zero-order chi connectivity index (χ0) is 23.1. The van der Waals surface area contributed by atoms with Gasteiger partial charge in [0.15, 0.2) is 5.82 Å². The van der Waals surface area contributed by atoms with Gasteiger partial charge in [-0.05, 0) is 49.6 Å². The number of hydrogen-bond acceptors (Lipinski definition) is 7. The molecule has 174 valence electrons. The van der Waals surface area contributed by atoms with Crippen LogP contribution < -0.4 is 15.5 Å². The summed E-state index contributed by atoms with van der Waals surface area (Å²) in [4.78, 5) is 20.3. The number of rotatable bonds is 4. The summed E-state index contributed by atoms with van der Waals surface area (Å²) < 4.78 is 14.8. The Labute approximate surface area is 198 Å². The summed E-state index contributed by atoms with van der Waals surface area (Å²) in [5, 5.41) is 6.48. The number of anilines is 3. The van der Waals surface area contributed by atoms with Crippen LogP contribution in [0, 0.1) is 5.82 Å². The van der Waals surface area contributed by atoms with Gasteiger partial charge in [-0.25, -0.2) is 19.3 Å². The number of nitrogens with one attached hydrogen (secondary N) is 2. The maximum atomic E-state index is 14.8. The van der Waals surface area contributed by atoms with Crippen LogP contribution >= 0.6 is 0 Å². The fourth-order valence-corrected chi connectivity index (χ4v) is 5.57. The first-order chi connectivity index (χ1) is 16.6. The molecular formula is C26H28FN7. The van der Waals surface area contributed by atoms with Crippen molar-refractivity contribution in [1.82, 2.24) is 20.3 Å². The summed E-state index contributed by atoms with van der Waals surface area (Å²) in [6.07, 6.45) is 7.68. The number of halogens is 1. The summed E-state index contributed by atoms with van der Waals surface area (Å²) >= 11 is 0. The molecule has 2 N–H and O–H groups in total. The lowest BCUT2D eigenvalue weighted by Crippen LogP contribution is -2.43. The smallest absolute Gasteiger partial charge is 0.229 e. The van der Waals surface area contributed by atoms with Crippen LogP contribution in [0.25, 0.3) is 11.3 Å². The molecule has 0 bridgehead atoms. The number of aromatic nitrogens is 3. The maximum Gasteiger partial charge on any atom is 0.229 e. The van der Waals surface area contributed by atoms with Gasteiger partial charge in [-0.2, -0.15) is 0 Å². The van der Waals surface area contributed by atoms with Crippen LogP contribution in [0.5, 0.6) is 0 Å². The van der Waals surface area contributed by atoms with Gasteiger partial charge in [-0.15, -0.1) is 0 Å². The standard InChI is InChI=1S/C26H28FN7/c1-17-26(8-2-3-9-26)20-14-18(4-6-22(20)31-17)24-21(27)16-30-25(33-24)32-23-7-5-19(15-29-23)34-12-10-28-11-13-34/h4-7,14-16,28H,2-3,8-13H2,1H3,(H,29,30,32,33). The van der Waals surface area contributed by atoms with Crippen LogP contribution in [0.1, 0.15) is 38.2 Å². The third kappa shape index (κ3) is 3.62. The van der Waals surface area contributed by atoms with E-state index in [-0.39, 0.29) is 11.1 Å². The maximum absolute atomic E-state index is 14.8. The van der Waals surface area contributed by atoms with Crippen molar-refractivity contribution in [2.24, 2.45) is 4.99 Å². The van der Waals surface area contributed by atoms with Crippen molar-refractivity contribution in [3.8, 4) is 11.3 Å². The van der Waals surface area contributed by atoms with Crippen LogP contribution in [0.3, 0.4) is 0 Å². The van der Waals surface area contributed by atoms with Crippen LogP contribution in [-0.2, 0) is 5.41 Å². The van der Waals surface area contributed by atoms with Crippen LogP contribution in [0.2, 0.25) is 0 Å². The molecule has 1 aliphatic carbocycles. The Balaban J connectivity index is 1.26. The van der Waals surface area contributed by atoms with E-state index in [2.05, 4.69) is 43.5 Å². The van der Waals surface area contributed by atoms with Crippen LogP contribution in [0.4, 0.5) is 27.5 Å². The van der Waals surface area contributed by atoms with Gasteiger partial charge in [-0.1, -0.05) is 18.9 Å². The molecule has 34 heavy (non-hydrogen) atoms. The summed E-state index contributed by atoms with van der Waals surface area (Å²) in [6.45, 7) is 6.00. The molecule has 2 aromatic heterocycles. The molecule has 2 fully saturated rings. The molecule has 0 unspecified atom stereocenters. The number of benzene rings is 1. The van der Waals surface area contributed by atoms with Crippen LogP contribution in [-0.4, -0.2) is 46.8 Å². The number of pyridine rings is 1. The molecule has 0 atom stereocenters. The van der Waals surface area contributed by atoms with Gasteiger partial charge < -0.3 is 15.5 Å². The molecule has 1 saturated heterocycles. The van der Waals surface area contributed by atoms with E-state index in [1.807, 2.05) is 30.5 Å². The number of aliphatic imine (C=N–C) groups is 1. The van der Waals surface area contributed by atoms with Gasteiger partial charge in [0.05, 0.1) is 23.8 Å². The average Bonchev–Trinajstić information content (AvgIpc) is 3.47. The SMILES string of the molecule is CC1=Nc2ccc(-c3nc(Nc4ccc(N5CCNCC5)cn4)ncc3F)cc2C12CCCC2. The van der Waals surface area contributed by atoms with Crippen molar-refractivity contribution in [2.75, 3.05) is 36.4 Å². The fraction of sp³-hybridized carbons (Fsp3) is 0.385. The minimum Gasteiger partial charge on any atom is -0.368 e. The second kappa shape index (κ2) is 8.43. The van der Waals surface area contributed by atoms with E-state index >= 15 is 0 Å². The molecule has 4 heterocycles. The first kappa shape index (κ1) is 21.2. The Morgan fingerprint density at radius 2 is 1.85 bits per heavy atom. The quantitative estimate of drug-likeness (QED) is 0.589. The summed E-state index contributed by atoms with van der Waals surface area (Å²) in [5.74, 6) is 0.505. The average molecular weight is 458 g/mol. The highest BCUT2D eigenvalue weighted by molar-refractivity contribution is 6.01. The lowest BCUT2D eigenvalue weighted by molar-refractivity contribution is 0.589. The lowest BCUT2D eigenvalue weighted by atomic mass is 9.76. The fourth-order valence-electron chi connectivity index (χ4n) is 5.57. The second-order valence-corrected chi connectivity index (χ2v) is 9.37. The van der Waals surface area contributed by atoms with Gasteiger partial charge in [0.25, 0.3) is 0 Å². The second-order valence-electron chi connectivity index (χ2n) is 9.37. The van der Waals surface area contributed by atoms with E-state index in [1.54, 1.807) is 0 Å². The summed E-state index contributed by atoms with van der Waals surface area (Å²) in [5.41, 5.74) is 5.52. The van der Waals surface area contributed by atoms with Gasteiger partial charge in [0.2, 0.25) is 5.95 Å². The Bertz CT molecular complexity index is 1240. The molecule has 1 aromatic carbocycles. The van der Waals surface area contributed by atoms with Crippen LogP contribution in [0.15, 0.2) is 47.7 Å². The van der Waals surface area contributed by atoms with E-state index in [4.69, 9.17) is 4.99 Å². The van der Waals surface area contributed by atoms with Crippen molar-refractivity contribution >= 4 is 28.9 Å². The molecule has 3 aromatic rings. The third-order valence-corrected chi connectivity index (χ3v) is 7.44. The lowest BCUT2D eigenvalue weighted by Gasteiger charge is -2.29. The highest BCUT2D eigenvalue weighted by atomic mass is 19.1. The molecule has 7 nitrogen and oxygen atoms in total. The Kier molecular flexibility index (Phi) is 5.25. The van der Waals surface area contributed by atoms with Gasteiger partial charge in [0, 0.05) is 42.9 Å². The Hall–Kier alpha value is -3.39. The predicted octanol–water partition coefficient (Wildman–Crippen LogP) is 4.75.